The Morgan fingerprint density at radius 1 is 1.18 bits per heavy atom. The standard InChI is InChI=1S/C23H20Cl2F2N4O3/c24-13-4-5-18-15(6-13)16(22(28)33)10-30(18)11-20(32)31-9-14(26)7-19(31)23(34)29-8-12-2-1-3-17(25)21(12)27/h1-6,10,14,19H,7-9,11H2,(H2,28,33)(H,29,34)/t14-,19+/m1/s1. The second-order valence-corrected chi connectivity index (χ2v) is 8.87. The molecule has 1 fully saturated rings. The summed E-state index contributed by atoms with van der Waals surface area (Å²) in [6.07, 6.45) is -0.130. The van der Waals surface area contributed by atoms with Crippen LogP contribution in [-0.2, 0) is 22.7 Å². The highest BCUT2D eigenvalue weighted by molar-refractivity contribution is 6.31. The molecular weight excluding hydrogens is 489 g/mol. The Bertz CT molecular complexity index is 1300. The van der Waals surface area contributed by atoms with Crippen molar-refractivity contribution in [3.05, 3.63) is 69.6 Å². The van der Waals surface area contributed by atoms with Crippen molar-refractivity contribution >= 4 is 51.8 Å². The Morgan fingerprint density at radius 3 is 2.68 bits per heavy atom. The van der Waals surface area contributed by atoms with Gasteiger partial charge < -0.3 is 20.5 Å². The molecule has 0 saturated carbocycles. The Balaban J connectivity index is 1.51. The molecule has 0 aliphatic carbocycles. The Labute approximate surface area is 203 Å². The summed E-state index contributed by atoms with van der Waals surface area (Å²) >= 11 is 11.8. The SMILES string of the molecule is NC(=O)c1cn(CC(=O)N2C[C@H](F)C[C@H]2C(=O)NCc2cccc(Cl)c2F)c2ccc(Cl)cc12. The zero-order chi connectivity index (χ0) is 24.6. The highest BCUT2D eigenvalue weighted by Crippen LogP contribution is 2.27. The van der Waals surface area contributed by atoms with Crippen molar-refractivity contribution < 1.29 is 23.2 Å². The van der Waals surface area contributed by atoms with E-state index < -0.39 is 35.8 Å². The quantitative estimate of drug-likeness (QED) is 0.533. The number of halogens is 4. The first-order chi connectivity index (χ1) is 16.2. The number of benzene rings is 2. The number of hydrogen-bond acceptors (Lipinski definition) is 3. The predicted octanol–water partition coefficient (Wildman–Crippen LogP) is 3.44. The maximum atomic E-state index is 14.2. The van der Waals surface area contributed by atoms with Gasteiger partial charge in [-0.25, -0.2) is 8.78 Å². The first-order valence-corrected chi connectivity index (χ1v) is 11.1. The van der Waals surface area contributed by atoms with E-state index in [1.165, 1.54) is 22.9 Å². The van der Waals surface area contributed by atoms with Crippen molar-refractivity contribution in [1.82, 2.24) is 14.8 Å². The van der Waals surface area contributed by atoms with Crippen LogP contribution in [0.1, 0.15) is 22.3 Å². The molecule has 2 aromatic carbocycles. The minimum Gasteiger partial charge on any atom is -0.366 e. The van der Waals surface area contributed by atoms with E-state index in [0.717, 1.165) is 4.90 Å². The first kappa shape index (κ1) is 24.0. The Morgan fingerprint density at radius 2 is 1.94 bits per heavy atom. The molecule has 1 aliphatic rings. The lowest BCUT2D eigenvalue weighted by molar-refractivity contribution is -0.139. The van der Waals surface area contributed by atoms with Gasteiger partial charge in [0, 0.05) is 40.7 Å². The molecule has 3 amide bonds. The molecular formula is C23H20Cl2F2N4O3. The van der Waals surface area contributed by atoms with Gasteiger partial charge in [0.2, 0.25) is 11.8 Å². The number of amides is 3. The van der Waals surface area contributed by atoms with E-state index in [4.69, 9.17) is 28.9 Å². The normalized spacial score (nSPS) is 17.8. The van der Waals surface area contributed by atoms with Gasteiger partial charge in [0.05, 0.1) is 17.1 Å². The lowest BCUT2D eigenvalue weighted by Crippen LogP contribution is -2.46. The van der Waals surface area contributed by atoms with Crippen LogP contribution in [0.2, 0.25) is 10.0 Å². The summed E-state index contributed by atoms with van der Waals surface area (Å²) in [4.78, 5) is 38.8. The molecule has 34 heavy (non-hydrogen) atoms. The summed E-state index contributed by atoms with van der Waals surface area (Å²) in [5, 5.41) is 3.35. The number of hydrogen-bond donors (Lipinski definition) is 2. The molecule has 0 radical (unpaired) electrons. The molecule has 7 nitrogen and oxygen atoms in total. The van der Waals surface area contributed by atoms with Crippen molar-refractivity contribution in [2.75, 3.05) is 6.54 Å². The molecule has 0 unspecified atom stereocenters. The van der Waals surface area contributed by atoms with Crippen molar-refractivity contribution in [2.45, 2.75) is 31.7 Å². The lowest BCUT2D eigenvalue weighted by atomic mass is 10.1. The number of carbonyl (C=O) groups is 3. The van der Waals surface area contributed by atoms with E-state index in [-0.39, 0.29) is 42.2 Å². The van der Waals surface area contributed by atoms with Gasteiger partial charge >= 0.3 is 0 Å². The van der Waals surface area contributed by atoms with Crippen molar-refractivity contribution in [3.63, 3.8) is 0 Å². The summed E-state index contributed by atoms with van der Waals surface area (Å²) in [5.41, 5.74) is 6.35. The van der Waals surface area contributed by atoms with E-state index in [2.05, 4.69) is 5.32 Å². The number of nitrogens with zero attached hydrogens (tertiary/aromatic N) is 2. The van der Waals surface area contributed by atoms with Gasteiger partial charge in [-0.1, -0.05) is 35.3 Å². The molecule has 2 atom stereocenters. The van der Waals surface area contributed by atoms with Gasteiger partial charge in [-0.3, -0.25) is 14.4 Å². The molecule has 1 aliphatic heterocycles. The molecule has 0 bridgehead atoms. The van der Waals surface area contributed by atoms with Gasteiger partial charge in [0.15, 0.2) is 0 Å². The van der Waals surface area contributed by atoms with Crippen molar-refractivity contribution in [2.24, 2.45) is 5.73 Å². The van der Waals surface area contributed by atoms with Gasteiger partial charge in [-0.05, 0) is 24.3 Å². The molecule has 11 heteroatoms. The number of nitrogens with two attached hydrogens (primary N) is 1. The van der Waals surface area contributed by atoms with Gasteiger partial charge in [0.1, 0.15) is 24.6 Å². The number of fused-ring (bicyclic) bond motifs is 1. The van der Waals surface area contributed by atoms with Crippen molar-refractivity contribution in [3.8, 4) is 0 Å². The second kappa shape index (κ2) is 9.60. The van der Waals surface area contributed by atoms with Crippen LogP contribution in [0.3, 0.4) is 0 Å². The largest absolute Gasteiger partial charge is 0.366 e. The second-order valence-electron chi connectivity index (χ2n) is 8.02. The van der Waals surface area contributed by atoms with Gasteiger partial charge in [-0.15, -0.1) is 0 Å². The van der Waals surface area contributed by atoms with E-state index in [1.54, 1.807) is 24.3 Å². The molecule has 3 N–H and O–H groups in total. The maximum absolute atomic E-state index is 14.2. The van der Waals surface area contributed by atoms with Crippen molar-refractivity contribution in [1.29, 1.82) is 0 Å². The maximum Gasteiger partial charge on any atom is 0.250 e. The average Bonchev–Trinajstić information content (AvgIpc) is 3.35. The number of likely N-dealkylation sites (tertiary alicyclic amines) is 1. The third-order valence-electron chi connectivity index (χ3n) is 5.77. The molecule has 0 spiro atoms. The van der Waals surface area contributed by atoms with Crippen LogP contribution in [0.5, 0.6) is 0 Å². The van der Waals surface area contributed by atoms with E-state index >= 15 is 0 Å². The summed E-state index contributed by atoms with van der Waals surface area (Å²) in [7, 11) is 0. The third kappa shape index (κ3) is 4.71. The first-order valence-electron chi connectivity index (χ1n) is 10.4. The van der Waals surface area contributed by atoms with E-state index in [1.807, 2.05) is 0 Å². The van der Waals surface area contributed by atoms with Gasteiger partial charge in [0.25, 0.3) is 5.91 Å². The number of rotatable bonds is 6. The fourth-order valence-corrected chi connectivity index (χ4v) is 4.49. The van der Waals surface area contributed by atoms with E-state index in [9.17, 15) is 23.2 Å². The topological polar surface area (TPSA) is 97.4 Å². The van der Waals surface area contributed by atoms with Gasteiger partial charge in [-0.2, -0.15) is 0 Å². The zero-order valence-corrected chi connectivity index (χ0v) is 19.2. The summed E-state index contributed by atoms with van der Waals surface area (Å²) in [5.74, 6) is -2.46. The summed E-state index contributed by atoms with van der Waals surface area (Å²) in [6, 6.07) is 8.15. The smallest absolute Gasteiger partial charge is 0.250 e. The lowest BCUT2D eigenvalue weighted by Gasteiger charge is -2.24. The predicted molar refractivity (Wildman–Crippen MR) is 124 cm³/mol. The molecule has 1 saturated heterocycles. The molecule has 2 heterocycles. The Kier molecular flexibility index (Phi) is 6.77. The molecule has 178 valence electrons. The minimum atomic E-state index is -1.39. The number of alkyl halides is 1. The molecule has 4 rings (SSSR count). The number of nitrogens with one attached hydrogen (secondary N) is 1. The van der Waals surface area contributed by atoms with Crippen LogP contribution in [0.15, 0.2) is 42.6 Å². The van der Waals surface area contributed by atoms with Crippen LogP contribution in [0.25, 0.3) is 10.9 Å². The number of carbonyl (C=O) groups excluding carboxylic acids is 3. The highest BCUT2D eigenvalue weighted by Gasteiger charge is 2.39. The van der Waals surface area contributed by atoms with Crippen LogP contribution in [0.4, 0.5) is 8.78 Å². The molecule has 1 aromatic heterocycles. The highest BCUT2D eigenvalue weighted by atomic mass is 35.5. The minimum absolute atomic E-state index is 0.0798. The third-order valence-corrected chi connectivity index (χ3v) is 6.30. The summed E-state index contributed by atoms with van der Waals surface area (Å²) in [6.45, 7) is -0.660. The number of primary amides is 1. The van der Waals surface area contributed by atoms with Crippen LogP contribution >= 0.6 is 23.2 Å². The summed E-state index contributed by atoms with van der Waals surface area (Å²) < 4.78 is 29.8. The Hall–Kier alpha value is -3.17. The van der Waals surface area contributed by atoms with E-state index in [0.29, 0.717) is 15.9 Å². The fourth-order valence-electron chi connectivity index (χ4n) is 4.13. The monoisotopic (exact) mass is 508 g/mol. The average molecular weight is 509 g/mol. The fraction of sp³-hybridized carbons (Fsp3) is 0.261. The van der Waals surface area contributed by atoms with Crippen LogP contribution in [0, 0.1) is 5.82 Å². The molecule has 3 aromatic rings. The van der Waals surface area contributed by atoms with Crippen LogP contribution < -0.4 is 11.1 Å². The zero-order valence-electron chi connectivity index (χ0n) is 17.7. The number of aromatic nitrogens is 1. The van der Waals surface area contributed by atoms with Crippen LogP contribution in [-0.4, -0.2) is 45.9 Å².